The Labute approximate surface area is 153 Å². The molecule has 0 saturated carbocycles. The van der Waals surface area contributed by atoms with Crippen molar-refractivity contribution in [2.24, 2.45) is 7.05 Å². The van der Waals surface area contributed by atoms with Gasteiger partial charge in [-0.25, -0.2) is 4.68 Å². The zero-order valence-corrected chi connectivity index (χ0v) is 15.9. The third-order valence-electron chi connectivity index (χ3n) is 5.78. The van der Waals surface area contributed by atoms with Gasteiger partial charge in [-0.2, -0.15) is 5.10 Å². The molecule has 2 aliphatic heterocycles. The second-order valence-corrected chi connectivity index (χ2v) is 7.57. The molecule has 7 nitrogen and oxygen atoms in total. The molecule has 4 heterocycles. The van der Waals surface area contributed by atoms with Gasteiger partial charge in [-0.1, -0.05) is 6.92 Å². The van der Waals surface area contributed by atoms with E-state index in [0.29, 0.717) is 12.1 Å². The molecule has 3 atom stereocenters. The summed E-state index contributed by atoms with van der Waals surface area (Å²) in [6.07, 6.45) is 4.24. The highest BCUT2D eigenvalue weighted by molar-refractivity contribution is 5.87. The molecule has 142 valence electrons. The van der Waals surface area contributed by atoms with Crippen LogP contribution in [0.1, 0.15) is 45.8 Å². The number of nitrogens with one attached hydrogen (secondary N) is 1. The summed E-state index contributed by atoms with van der Waals surface area (Å²) >= 11 is 0. The van der Waals surface area contributed by atoms with E-state index in [-0.39, 0.29) is 11.8 Å². The van der Waals surface area contributed by atoms with Crippen LogP contribution >= 0.6 is 0 Å². The summed E-state index contributed by atoms with van der Waals surface area (Å²) in [6, 6.07) is 4.21. The molecule has 2 aliphatic rings. The summed E-state index contributed by atoms with van der Waals surface area (Å²) in [5.41, 5.74) is 1.77. The van der Waals surface area contributed by atoms with Crippen LogP contribution in [0, 0.1) is 0 Å². The van der Waals surface area contributed by atoms with Gasteiger partial charge in [0.2, 0.25) is 0 Å². The maximum atomic E-state index is 12.3. The third kappa shape index (κ3) is 2.93. The molecular weight excluding hydrogens is 330 g/mol. The fourth-order valence-electron chi connectivity index (χ4n) is 4.12. The number of aromatic nitrogens is 3. The summed E-state index contributed by atoms with van der Waals surface area (Å²) in [4.78, 5) is 14.7. The van der Waals surface area contributed by atoms with Crippen LogP contribution in [0.5, 0.6) is 0 Å². The minimum Gasteiger partial charge on any atom is -0.356 e. The zero-order valence-electron chi connectivity index (χ0n) is 15.9. The molecule has 26 heavy (non-hydrogen) atoms. The third-order valence-corrected chi connectivity index (χ3v) is 5.78. The highest BCUT2D eigenvalue weighted by Gasteiger charge is 2.32. The van der Waals surface area contributed by atoms with Crippen LogP contribution in [0.3, 0.4) is 0 Å². The number of anilines is 1. The van der Waals surface area contributed by atoms with Gasteiger partial charge in [-0.15, -0.1) is 0 Å². The normalized spacial score (nSPS) is 27.2. The van der Waals surface area contributed by atoms with Crippen molar-refractivity contribution in [1.29, 1.82) is 0 Å². The fraction of sp³-hybridized carbons (Fsp3) is 0.684. The molecule has 1 N–H and O–H groups in total. The van der Waals surface area contributed by atoms with Gasteiger partial charge < -0.3 is 19.5 Å². The van der Waals surface area contributed by atoms with Gasteiger partial charge in [-0.3, -0.25) is 4.79 Å². The van der Waals surface area contributed by atoms with E-state index in [1.807, 2.05) is 17.8 Å². The Morgan fingerprint density at radius 3 is 2.92 bits per heavy atom. The van der Waals surface area contributed by atoms with Gasteiger partial charge in [-0.05, 0) is 38.7 Å². The number of fused-ring (bicyclic) bond motifs is 1. The van der Waals surface area contributed by atoms with Crippen molar-refractivity contribution in [3.05, 3.63) is 22.5 Å². The second-order valence-electron chi connectivity index (χ2n) is 7.57. The van der Waals surface area contributed by atoms with E-state index in [4.69, 9.17) is 9.84 Å². The quantitative estimate of drug-likeness (QED) is 0.908. The van der Waals surface area contributed by atoms with Crippen molar-refractivity contribution in [2.45, 2.75) is 57.8 Å². The van der Waals surface area contributed by atoms with Crippen LogP contribution in [0.2, 0.25) is 0 Å². The summed E-state index contributed by atoms with van der Waals surface area (Å²) in [5, 5.41) is 8.48. The summed E-state index contributed by atoms with van der Waals surface area (Å²) in [7, 11) is 1.84. The molecule has 0 aliphatic carbocycles. The Morgan fingerprint density at radius 1 is 1.35 bits per heavy atom. The van der Waals surface area contributed by atoms with E-state index in [1.165, 1.54) is 0 Å². The lowest BCUT2D eigenvalue weighted by atomic mass is 10.1. The van der Waals surface area contributed by atoms with Gasteiger partial charge in [0.15, 0.2) is 12.0 Å². The molecule has 2 fully saturated rings. The van der Waals surface area contributed by atoms with Crippen molar-refractivity contribution < 1.29 is 4.74 Å². The van der Waals surface area contributed by atoms with E-state index in [9.17, 15) is 4.79 Å². The largest absolute Gasteiger partial charge is 0.356 e. The average Bonchev–Trinajstić information content (AvgIpc) is 3.06. The smallest absolute Gasteiger partial charge is 0.250 e. The van der Waals surface area contributed by atoms with Crippen LogP contribution in [0.15, 0.2) is 16.9 Å². The highest BCUT2D eigenvalue weighted by atomic mass is 16.5. The molecule has 0 bridgehead atoms. The monoisotopic (exact) mass is 359 g/mol. The minimum atomic E-state index is -0.0524. The number of rotatable bonds is 3. The molecule has 2 aromatic rings. The molecule has 2 aromatic heterocycles. The van der Waals surface area contributed by atoms with E-state index in [2.05, 4.69) is 24.1 Å². The Morgan fingerprint density at radius 2 is 2.19 bits per heavy atom. The number of ether oxygens (including phenoxy) is 1. The van der Waals surface area contributed by atoms with Crippen LogP contribution < -0.4 is 15.8 Å². The van der Waals surface area contributed by atoms with Crippen LogP contribution in [-0.2, 0) is 11.8 Å². The lowest BCUT2D eigenvalue weighted by molar-refractivity contribution is -0.0383. The van der Waals surface area contributed by atoms with Crippen LogP contribution in [-0.4, -0.2) is 46.1 Å². The predicted molar refractivity (Wildman–Crippen MR) is 103 cm³/mol. The zero-order chi connectivity index (χ0) is 18.3. The number of hydrogen-bond donors (Lipinski definition) is 1. The van der Waals surface area contributed by atoms with Gasteiger partial charge in [0.25, 0.3) is 5.56 Å². The van der Waals surface area contributed by atoms with E-state index in [0.717, 1.165) is 62.2 Å². The Balaban J connectivity index is 1.89. The minimum absolute atomic E-state index is 0.00214. The second kappa shape index (κ2) is 7.04. The number of pyridine rings is 1. The van der Waals surface area contributed by atoms with Gasteiger partial charge in [0.05, 0.1) is 0 Å². The molecule has 0 radical (unpaired) electrons. The first-order valence-corrected chi connectivity index (χ1v) is 9.80. The van der Waals surface area contributed by atoms with Crippen molar-refractivity contribution in [2.75, 3.05) is 24.6 Å². The van der Waals surface area contributed by atoms with E-state index < -0.39 is 0 Å². The molecular formula is C19H29N5O2. The van der Waals surface area contributed by atoms with Crippen molar-refractivity contribution in [3.8, 4) is 0 Å². The maximum Gasteiger partial charge on any atom is 0.250 e. The van der Waals surface area contributed by atoms with E-state index in [1.54, 1.807) is 10.6 Å². The van der Waals surface area contributed by atoms with E-state index >= 15 is 0 Å². The van der Waals surface area contributed by atoms with Crippen molar-refractivity contribution >= 4 is 16.9 Å². The summed E-state index contributed by atoms with van der Waals surface area (Å²) < 4.78 is 9.82. The molecule has 4 rings (SSSR count). The molecule has 0 amide bonds. The molecule has 0 spiro atoms. The number of nitrogens with zero attached hydrogens (tertiary/aromatic N) is 4. The Bertz CT molecular complexity index is 836. The number of hydrogen-bond acceptors (Lipinski definition) is 5. The maximum absolute atomic E-state index is 12.3. The molecule has 7 heteroatoms. The Kier molecular flexibility index (Phi) is 4.75. The average molecular weight is 359 g/mol. The molecule has 0 aromatic carbocycles. The fourth-order valence-corrected chi connectivity index (χ4v) is 4.12. The van der Waals surface area contributed by atoms with Crippen LogP contribution in [0.25, 0.3) is 11.0 Å². The van der Waals surface area contributed by atoms with Gasteiger partial charge in [0.1, 0.15) is 11.0 Å². The van der Waals surface area contributed by atoms with Gasteiger partial charge >= 0.3 is 0 Å². The Hall–Kier alpha value is -1.86. The first kappa shape index (κ1) is 17.5. The lowest BCUT2D eigenvalue weighted by Gasteiger charge is -2.41. The van der Waals surface area contributed by atoms with Gasteiger partial charge in [0, 0.05) is 44.9 Å². The first-order chi connectivity index (χ1) is 12.6. The number of piperazine rings is 1. The predicted octanol–water partition coefficient (Wildman–Crippen LogP) is 2.01. The lowest BCUT2D eigenvalue weighted by Crippen LogP contribution is -2.56. The molecule has 1 unspecified atom stereocenters. The standard InChI is InChI=1S/C19H29N5O2/c1-4-14-12-23(13(2)11-20-14)19-18-15(8-9-16(25)22(18)3)21-24(19)17-7-5-6-10-26-17/h8-9,13-14,17,20H,4-7,10-12H2,1-3H3/t13-,14+,17?/m0/s1. The topological polar surface area (TPSA) is 64.3 Å². The van der Waals surface area contributed by atoms with Crippen molar-refractivity contribution in [1.82, 2.24) is 19.7 Å². The summed E-state index contributed by atoms with van der Waals surface area (Å²) in [5.74, 6) is 1.03. The summed E-state index contributed by atoms with van der Waals surface area (Å²) in [6.45, 7) is 7.05. The molecule has 2 saturated heterocycles. The highest BCUT2D eigenvalue weighted by Crippen LogP contribution is 2.34. The van der Waals surface area contributed by atoms with Crippen molar-refractivity contribution in [3.63, 3.8) is 0 Å². The van der Waals surface area contributed by atoms with Crippen LogP contribution in [0.4, 0.5) is 5.82 Å². The SMILES string of the molecule is CC[C@@H]1CN(c2c3c(ccc(=O)n3C)nn2C2CCCCO2)[C@@H](C)CN1. The number of aryl methyl sites for hydroxylation is 1. The first-order valence-electron chi connectivity index (χ1n) is 9.80.